The van der Waals surface area contributed by atoms with Crippen molar-refractivity contribution < 1.29 is 19.4 Å². The Morgan fingerprint density at radius 2 is 2.14 bits per heavy atom. The fourth-order valence-corrected chi connectivity index (χ4v) is 5.92. The first-order valence-electron chi connectivity index (χ1n) is 10.3. The minimum absolute atomic E-state index is 0.179. The summed E-state index contributed by atoms with van der Waals surface area (Å²) in [7, 11) is 3.13. The molecule has 28 heavy (non-hydrogen) atoms. The molecule has 0 spiro atoms. The number of H-pyrrole nitrogens is 1. The number of nitrogens with one attached hydrogen (secondary N) is 1. The van der Waals surface area contributed by atoms with Crippen LogP contribution in [0.2, 0.25) is 0 Å². The lowest BCUT2D eigenvalue weighted by Crippen LogP contribution is -2.56. The normalized spacial score (nSPS) is 32.3. The van der Waals surface area contributed by atoms with E-state index >= 15 is 0 Å². The van der Waals surface area contributed by atoms with Crippen LogP contribution in [0.15, 0.2) is 18.2 Å². The lowest BCUT2D eigenvalue weighted by molar-refractivity contribution is -0.160. The van der Waals surface area contributed by atoms with Gasteiger partial charge in [0, 0.05) is 35.7 Å². The second kappa shape index (κ2) is 6.78. The molecule has 2 fully saturated rings. The van der Waals surface area contributed by atoms with E-state index in [2.05, 4.69) is 22.0 Å². The molecule has 150 valence electrons. The first kappa shape index (κ1) is 18.0. The fraction of sp³-hybridized carbons (Fsp3) is 0.591. The molecule has 1 aromatic carbocycles. The number of benzene rings is 1. The summed E-state index contributed by atoms with van der Waals surface area (Å²) in [6.45, 7) is 1.72. The number of methoxy groups -OCH3 is 2. The maximum absolute atomic E-state index is 12.3. The quantitative estimate of drug-likeness (QED) is 0.778. The SMILES string of the molecule is COC(=O)C1C(O)CCC2CC3Cc4c([nH]c5ccc(OC)cc45)CN3CC21. The molecule has 5 atom stereocenters. The van der Waals surface area contributed by atoms with Gasteiger partial charge in [0.1, 0.15) is 5.75 Å². The molecule has 3 heterocycles. The van der Waals surface area contributed by atoms with E-state index in [0.717, 1.165) is 43.6 Å². The minimum Gasteiger partial charge on any atom is -0.497 e. The summed E-state index contributed by atoms with van der Waals surface area (Å²) in [6.07, 6.45) is 3.23. The van der Waals surface area contributed by atoms with Crippen LogP contribution in [-0.4, -0.2) is 53.9 Å². The molecular formula is C22H28N2O4. The Bertz CT molecular complexity index is 907. The van der Waals surface area contributed by atoms with Gasteiger partial charge in [0.25, 0.3) is 0 Å². The number of ether oxygens (including phenoxy) is 2. The fourth-order valence-electron chi connectivity index (χ4n) is 5.92. The third kappa shape index (κ3) is 2.73. The van der Waals surface area contributed by atoms with Crippen LogP contribution >= 0.6 is 0 Å². The molecule has 0 bridgehead atoms. The molecule has 3 aliphatic rings. The average Bonchev–Trinajstić information content (AvgIpc) is 3.06. The van der Waals surface area contributed by atoms with Gasteiger partial charge in [-0.2, -0.15) is 0 Å². The number of aliphatic hydroxyl groups excluding tert-OH is 1. The summed E-state index contributed by atoms with van der Waals surface area (Å²) in [6, 6.07) is 6.71. The lowest BCUT2D eigenvalue weighted by atomic mass is 9.65. The number of aromatic amines is 1. The molecule has 0 radical (unpaired) electrons. The topological polar surface area (TPSA) is 74.8 Å². The highest BCUT2D eigenvalue weighted by molar-refractivity contribution is 5.86. The summed E-state index contributed by atoms with van der Waals surface area (Å²) in [4.78, 5) is 18.4. The zero-order valence-corrected chi connectivity index (χ0v) is 16.5. The van der Waals surface area contributed by atoms with Crippen molar-refractivity contribution in [2.24, 2.45) is 17.8 Å². The smallest absolute Gasteiger partial charge is 0.311 e. The Hall–Kier alpha value is -2.05. The Kier molecular flexibility index (Phi) is 4.36. The number of carbonyl (C=O) groups is 1. The molecule has 6 nitrogen and oxygen atoms in total. The first-order valence-corrected chi connectivity index (χ1v) is 10.3. The average molecular weight is 384 g/mol. The molecule has 0 amide bonds. The van der Waals surface area contributed by atoms with E-state index in [-0.39, 0.29) is 11.9 Å². The predicted molar refractivity (Wildman–Crippen MR) is 105 cm³/mol. The number of aromatic nitrogens is 1. The van der Waals surface area contributed by atoms with Gasteiger partial charge in [-0.1, -0.05) is 0 Å². The zero-order chi connectivity index (χ0) is 19.4. The second-order valence-corrected chi connectivity index (χ2v) is 8.63. The molecule has 6 heteroatoms. The van der Waals surface area contributed by atoms with Crippen LogP contribution in [0, 0.1) is 17.8 Å². The summed E-state index contributed by atoms with van der Waals surface area (Å²) < 4.78 is 10.5. The Balaban J connectivity index is 1.45. The molecule has 5 rings (SSSR count). The number of carbonyl (C=O) groups excluding carboxylic acids is 1. The van der Waals surface area contributed by atoms with Gasteiger partial charge in [-0.3, -0.25) is 9.69 Å². The number of aliphatic hydroxyl groups is 1. The lowest BCUT2D eigenvalue weighted by Gasteiger charge is -2.51. The Morgan fingerprint density at radius 3 is 2.93 bits per heavy atom. The molecule has 2 aromatic rings. The maximum atomic E-state index is 12.3. The van der Waals surface area contributed by atoms with E-state index in [1.807, 2.05) is 6.07 Å². The van der Waals surface area contributed by atoms with Crippen molar-refractivity contribution in [3.8, 4) is 5.75 Å². The zero-order valence-electron chi connectivity index (χ0n) is 16.5. The van der Waals surface area contributed by atoms with Crippen molar-refractivity contribution in [2.45, 2.75) is 44.4 Å². The van der Waals surface area contributed by atoms with E-state index < -0.39 is 12.0 Å². The van der Waals surface area contributed by atoms with Crippen LogP contribution in [0.4, 0.5) is 0 Å². The van der Waals surface area contributed by atoms with E-state index in [1.165, 1.54) is 23.8 Å². The first-order chi connectivity index (χ1) is 13.6. The molecule has 2 aliphatic heterocycles. The highest BCUT2D eigenvalue weighted by atomic mass is 16.5. The van der Waals surface area contributed by atoms with Crippen LogP contribution in [-0.2, 0) is 22.5 Å². The summed E-state index contributed by atoms with van der Waals surface area (Å²) in [5, 5.41) is 11.7. The molecular weight excluding hydrogens is 356 g/mol. The van der Waals surface area contributed by atoms with Gasteiger partial charge in [0.15, 0.2) is 0 Å². The number of rotatable bonds is 2. The minimum atomic E-state index is -0.578. The third-order valence-corrected chi connectivity index (χ3v) is 7.33. The van der Waals surface area contributed by atoms with Gasteiger partial charge < -0.3 is 19.6 Å². The van der Waals surface area contributed by atoms with Gasteiger partial charge in [0.05, 0.1) is 26.2 Å². The molecule has 1 saturated heterocycles. The Labute approximate surface area is 164 Å². The maximum Gasteiger partial charge on any atom is 0.311 e. The summed E-state index contributed by atoms with van der Waals surface area (Å²) in [5.41, 5.74) is 3.84. The number of fused-ring (bicyclic) bond motifs is 5. The molecule has 1 saturated carbocycles. The number of piperidine rings is 1. The number of hydrogen-bond donors (Lipinski definition) is 2. The van der Waals surface area contributed by atoms with Crippen LogP contribution in [0.1, 0.15) is 30.5 Å². The van der Waals surface area contributed by atoms with Crippen molar-refractivity contribution in [3.63, 3.8) is 0 Å². The van der Waals surface area contributed by atoms with E-state index in [1.54, 1.807) is 7.11 Å². The molecule has 5 unspecified atom stereocenters. The monoisotopic (exact) mass is 384 g/mol. The second-order valence-electron chi connectivity index (χ2n) is 8.63. The van der Waals surface area contributed by atoms with Crippen LogP contribution in [0.25, 0.3) is 10.9 Å². The number of nitrogens with zero attached hydrogens (tertiary/aromatic N) is 1. The predicted octanol–water partition coefficient (Wildman–Crippen LogP) is 2.48. The van der Waals surface area contributed by atoms with Gasteiger partial charge in [-0.25, -0.2) is 0 Å². The van der Waals surface area contributed by atoms with Crippen molar-refractivity contribution >= 4 is 16.9 Å². The van der Waals surface area contributed by atoms with Crippen LogP contribution < -0.4 is 4.74 Å². The standard InChI is InChI=1S/C22H28N2O4/c1-27-14-4-5-18-16(9-14)15-8-13-7-12-3-6-20(25)21(22(26)28-2)17(12)10-24(13)11-19(15)23-18/h4-5,9,12-13,17,20-21,23,25H,3,6-8,10-11H2,1-2H3. The molecule has 2 N–H and O–H groups in total. The molecule has 1 aromatic heterocycles. The van der Waals surface area contributed by atoms with Gasteiger partial charge in [-0.15, -0.1) is 0 Å². The van der Waals surface area contributed by atoms with Crippen LogP contribution in [0.5, 0.6) is 5.75 Å². The van der Waals surface area contributed by atoms with E-state index in [4.69, 9.17) is 9.47 Å². The van der Waals surface area contributed by atoms with E-state index in [9.17, 15) is 9.90 Å². The van der Waals surface area contributed by atoms with Gasteiger partial charge in [0.2, 0.25) is 0 Å². The number of esters is 1. The Morgan fingerprint density at radius 1 is 1.29 bits per heavy atom. The van der Waals surface area contributed by atoms with Crippen molar-refractivity contribution in [1.29, 1.82) is 0 Å². The van der Waals surface area contributed by atoms with Crippen molar-refractivity contribution in [2.75, 3.05) is 20.8 Å². The largest absolute Gasteiger partial charge is 0.497 e. The van der Waals surface area contributed by atoms with Crippen molar-refractivity contribution in [3.05, 3.63) is 29.5 Å². The summed E-state index contributed by atoms with van der Waals surface area (Å²) in [5.74, 6) is 0.908. The highest BCUT2D eigenvalue weighted by Crippen LogP contribution is 2.45. The number of hydrogen-bond acceptors (Lipinski definition) is 5. The summed E-state index contributed by atoms with van der Waals surface area (Å²) >= 11 is 0. The van der Waals surface area contributed by atoms with Gasteiger partial charge in [-0.05, 0) is 61.3 Å². The highest BCUT2D eigenvalue weighted by Gasteiger charge is 2.49. The van der Waals surface area contributed by atoms with Crippen LogP contribution in [0.3, 0.4) is 0 Å². The van der Waals surface area contributed by atoms with E-state index in [0.29, 0.717) is 18.4 Å². The molecule has 1 aliphatic carbocycles. The third-order valence-electron chi connectivity index (χ3n) is 7.33. The van der Waals surface area contributed by atoms with Gasteiger partial charge >= 0.3 is 5.97 Å². The van der Waals surface area contributed by atoms with Crippen molar-refractivity contribution in [1.82, 2.24) is 9.88 Å².